The van der Waals surface area contributed by atoms with Crippen LogP contribution in [0.15, 0.2) is 42.5 Å². The molecule has 152 valence electrons. The molecule has 7 heteroatoms. The first-order chi connectivity index (χ1) is 13.2. The number of amides is 1. The molecule has 2 aromatic carbocycles. The molecule has 2 aromatic rings. The molecule has 0 saturated heterocycles. The summed E-state index contributed by atoms with van der Waals surface area (Å²) in [5.41, 5.74) is 3.76. The molecule has 1 amide bonds. The number of hydrogen-bond donors (Lipinski definition) is 1. The van der Waals surface area contributed by atoms with Gasteiger partial charge in [-0.1, -0.05) is 18.2 Å². The maximum atomic E-state index is 12.6. The number of anilines is 2. The standard InChI is InChI=1S/C21H29N3O3S/c1-6-24(7-2)18-13-11-17(12-14-18)15-22-21(25)19-9-8-10-20(16(19)3)23(4)28(5,26)27/h8-14H,6-7,15H2,1-5H3,(H,22,25). The molecule has 0 heterocycles. The molecular weight excluding hydrogens is 374 g/mol. The van der Waals surface area contributed by atoms with Gasteiger partial charge in [0.15, 0.2) is 0 Å². The lowest BCUT2D eigenvalue weighted by molar-refractivity contribution is 0.0950. The van der Waals surface area contributed by atoms with E-state index in [2.05, 4.69) is 36.2 Å². The summed E-state index contributed by atoms with van der Waals surface area (Å²) in [5, 5.41) is 2.92. The van der Waals surface area contributed by atoms with Gasteiger partial charge in [0.2, 0.25) is 10.0 Å². The van der Waals surface area contributed by atoms with Crippen LogP contribution in [0.25, 0.3) is 0 Å². The molecule has 2 rings (SSSR count). The van der Waals surface area contributed by atoms with Gasteiger partial charge in [-0.3, -0.25) is 9.10 Å². The third-order valence-electron chi connectivity index (χ3n) is 4.90. The first-order valence-corrected chi connectivity index (χ1v) is 11.2. The second kappa shape index (κ2) is 9.10. The zero-order chi connectivity index (χ0) is 20.9. The minimum atomic E-state index is -3.39. The van der Waals surface area contributed by atoms with Crippen molar-refractivity contribution in [3.05, 3.63) is 59.2 Å². The van der Waals surface area contributed by atoms with Gasteiger partial charge in [-0.05, 0) is 56.2 Å². The SMILES string of the molecule is CCN(CC)c1ccc(CNC(=O)c2cccc(N(C)S(C)(=O)=O)c2C)cc1. The van der Waals surface area contributed by atoms with E-state index < -0.39 is 10.0 Å². The van der Waals surface area contributed by atoms with E-state index in [1.807, 2.05) is 12.1 Å². The van der Waals surface area contributed by atoms with Crippen molar-refractivity contribution in [3.8, 4) is 0 Å². The highest BCUT2D eigenvalue weighted by Gasteiger charge is 2.18. The average molecular weight is 404 g/mol. The zero-order valence-electron chi connectivity index (χ0n) is 17.2. The van der Waals surface area contributed by atoms with E-state index in [1.165, 1.54) is 11.4 Å². The third-order valence-corrected chi connectivity index (χ3v) is 6.10. The predicted octanol–water partition coefficient (Wildman–Crippen LogP) is 3.17. The molecule has 0 aliphatic carbocycles. The summed E-state index contributed by atoms with van der Waals surface area (Å²) in [6.07, 6.45) is 1.14. The van der Waals surface area contributed by atoms with Gasteiger partial charge in [-0.15, -0.1) is 0 Å². The lowest BCUT2D eigenvalue weighted by Gasteiger charge is -2.21. The highest BCUT2D eigenvalue weighted by atomic mass is 32.2. The maximum absolute atomic E-state index is 12.6. The number of benzene rings is 2. The van der Waals surface area contributed by atoms with Crippen molar-refractivity contribution in [2.45, 2.75) is 27.3 Å². The Morgan fingerprint density at radius 1 is 1.04 bits per heavy atom. The summed E-state index contributed by atoms with van der Waals surface area (Å²) in [6, 6.07) is 13.2. The van der Waals surface area contributed by atoms with Gasteiger partial charge in [-0.2, -0.15) is 0 Å². The number of carbonyl (C=O) groups is 1. The summed E-state index contributed by atoms with van der Waals surface area (Å²) in [5.74, 6) is -0.228. The highest BCUT2D eigenvalue weighted by molar-refractivity contribution is 7.92. The van der Waals surface area contributed by atoms with Crippen LogP contribution in [-0.4, -0.2) is 40.7 Å². The van der Waals surface area contributed by atoms with Crippen molar-refractivity contribution in [1.29, 1.82) is 0 Å². The molecule has 0 aliphatic rings. The van der Waals surface area contributed by atoms with Crippen molar-refractivity contribution in [2.75, 3.05) is 35.6 Å². The van der Waals surface area contributed by atoms with Crippen LogP contribution in [0, 0.1) is 6.92 Å². The van der Waals surface area contributed by atoms with E-state index in [0.29, 0.717) is 23.4 Å². The summed E-state index contributed by atoms with van der Waals surface area (Å²) >= 11 is 0. The van der Waals surface area contributed by atoms with E-state index in [9.17, 15) is 13.2 Å². The Hall–Kier alpha value is -2.54. The lowest BCUT2D eigenvalue weighted by Crippen LogP contribution is -2.28. The van der Waals surface area contributed by atoms with Crippen molar-refractivity contribution in [1.82, 2.24) is 5.32 Å². The Kier molecular flexibility index (Phi) is 7.07. The van der Waals surface area contributed by atoms with Crippen LogP contribution >= 0.6 is 0 Å². The van der Waals surface area contributed by atoms with E-state index >= 15 is 0 Å². The second-order valence-corrected chi connectivity index (χ2v) is 8.72. The second-order valence-electron chi connectivity index (χ2n) is 6.70. The van der Waals surface area contributed by atoms with Gasteiger partial charge in [-0.25, -0.2) is 8.42 Å². The zero-order valence-corrected chi connectivity index (χ0v) is 18.0. The molecule has 0 spiro atoms. The number of rotatable bonds is 8. The minimum Gasteiger partial charge on any atom is -0.372 e. The highest BCUT2D eigenvalue weighted by Crippen LogP contribution is 2.24. The van der Waals surface area contributed by atoms with E-state index in [0.717, 1.165) is 30.6 Å². The van der Waals surface area contributed by atoms with E-state index in [-0.39, 0.29) is 5.91 Å². The van der Waals surface area contributed by atoms with Gasteiger partial charge in [0.1, 0.15) is 0 Å². The summed E-state index contributed by atoms with van der Waals surface area (Å²) in [7, 11) is -1.91. The molecule has 0 bridgehead atoms. The molecule has 0 unspecified atom stereocenters. The Balaban J connectivity index is 2.12. The topological polar surface area (TPSA) is 69.7 Å². The van der Waals surface area contributed by atoms with Gasteiger partial charge < -0.3 is 10.2 Å². The number of nitrogens with zero attached hydrogens (tertiary/aromatic N) is 2. The molecule has 28 heavy (non-hydrogen) atoms. The fraction of sp³-hybridized carbons (Fsp3) is 0.381. The Bertz CT molecular complexity index is 920. The molecule has 0 aromatic heterocycles. The van der Waals surface area contributed by atoms with Gasteiger partial charge >= 0.3 is 0 Å². The Morgan fingerprint density at radius 3 is 2.18 bits per heavy atom. The maximum Gasteiger partial charge on any atom is 0.251 e. The minimum absolute atomic E-state index is 0.228. The van der Waals surface area contributed by atoms with E-state index in [1.54, 1.807) is 25.1 Å². The van der Waals surface area contributed by atoms with Crippen molar-refractivity contribution in [3.63, 3.8) is 0 Å². The summed E-state index contributed by atoms with van der Waals surface area (Å²) < 4.78 is 24.8. The fourth-order valence-corrected chi connectivity index (χ4v) is 3.64. The van der Waals surface area contributed by atoms with Crippen LogP contribution in [0.3, 0.4) is 0 Å². The van der Waals surface area contributed by atoms with Crippen LogP contribution in [0.2, 0.25) is 0 Å². The van der Waals surface area contributed by atoms with Gasteiger partial charge in [0, 0.05) is 37.9 Å². The molecular formula is C21H29N3O3S. The molecule has 0 atom stereocenters. The molecule has 0 saturated carbocycles. The van der Waals surface area contributed by atoms with Gasteiger partial charge in [0.05, 0.1) is 11.9 Å². The fourth-order valence-electron chi connectivity index (χ4n) is 3.08. The molecule has 0 fully saturated rings. The first-order valence-electron chi connectivity index (χ1n) is 9.34. The van der Waals surface area contributed by atoms with Gasteiger partial charge in [0.25, 0.3) is 5.91 Å². The van der Waals surface area contributed by atoms with Crippen molar-refractivity contribution >= 4 is 27.3 Å². The monoisotopic (exact) mass is 403 g/mol. The van der Waals surface area contributed by atoms with E-state index in [4.69, 9.17) is 0 Å². The van der Waals surface area contributed by atoms with Crippen LogP contribution in [0.5, 0.6) is 0 Å². The smallest absolute Gasteiger partial charge is 0.251 e. The van der Waals surface area contributed by atoms with Crippen molar-refractivity contribution < 1.29 is 13.2 Å². The normalized spacial score (nSPS) is 11.2. The largest absolute Gasteiger partial charge is 0.372 e. The number of sulfonamides is 1. The van der Waals surface area contributed by atoms with Crippen LogP contribution in [0.4, 0.5) is 11.4 Å². The first kappa shape index (κ1) is 21.8. The molecule has 1 N–H and O–H groups in total. The van der Waals surface area contributed by atoms with Crippen LogP contribution < -0.4 is 14.5 Å². The summed E-state index contributed by atoms with van der Waals surface area (Å²) in [4.78, 5) is 14.9. The molecule has 6 nitrogen and oxygen atoms in total. The summed E-state index contributed by atoms with van der Waals surface area (Å²) in [6.45, 7) is 8.30. The molecule has 0 aliphatic heterocycles. The predicted molar refractivity (Wildman–Crippen MR) is 116 cm³/mol. The number of hydrogen-bond acceptors (Lipinski definition) is 4. The average Bonchev–Trinajstić information content (AvgIpc) is 2.67. The van der Waals surface area contributed by atoms with Crippen LogP contribution in [-0.2, 0) is 16.6 Å². The number of carbonyl (C=O) groups excluding carboxylic acids is 1. The molecule has 0 radical (unpaired) electrons. The van der Waals surface area contributed by atoms with Crippen molar-refractivity contribution in [2.24, 2.45) is 0 Å². The Labute approximate surface area is 168 Å². The quantitative estimate of drug-likeness (QED) is 0.735. The Morgan fingerprint density at radius 2 is 1.64 bits per heavy atom. The number of nitrogens with one attached hydrogen (secondary N) is 1. The third kappa shape index (κ3) is 5.04. The van der Waals surface area contributed by atoms with Crippen LogP contribution in [0.1, 0.15) is 35.3 Å². The lowest BCUT2D eigenvalue weighted by atomic mass is 10.1.